The first-order chi connectivity index (χ1) is 13.0. The van der Waals surface area contributed by atoms with Crippen molar-refractivity contribution in [2.45, 2.75) is 26.9 Å². The van der Waals surface area contributed by atoms with Gasteiger partial charge in [0, 0.05) is 12.0 Å². The molecule has 2 aromatic carbocycles. The summed E-state index contributed by atoms with van der Waals surface area (Å²) in [4.78, 5) is 12.4. The van der Waals surface area contributed by atoms with Gasteiger partial charge in [-0.05, 0) is 41.8 Å². The lowest BCUT2D eigenvalue weighted by Crippen LogP contribution is -2.11. The second kappa shape index (κ2) is 8.73. The maximum atomic E-state index is 12.9. The van der Waals surface area contributed by atoms with Crippen LogP contribution in [0.4, 0.5) is 9.52 Å². The summed E-state index contributed by atoms with van der Waals surface area (Å²) in [7, 11) is 0. The Labute approximate surface area is 161 Å². The number of hydrogen-bond donors (Lipinski definition) is 1. The van der Waals surface area contributed by atoms with Gasteiger partial charge in [0.05, 0.1) is 0 Å². The summed E-state index contributed by atoms with van der Waals surface area (Å²) in [6.07, 6.45) is 0.834. The lowest BCUT2D eigenvalue weighted by atomic mass is 10.1. The molecular weight excluding hydrogens is 365 g/mol. The Bertz CT molecular complexity index is 910. The van der Waals surface area contributed by atoms with Gasteiger partial charge in [0.2, 0.25) is 5.13 Å². The maximum absolute atomic E-state index is 12.9. The Balaban J connectivity index is 1.61. The van der Waals surface area contributed by atoms with Crippen LogP contribution in [0.2, 0.25) is 0 Å². The minimum Gasteiger partial charge on any atom is -0.489 e. The van der Waals surface area contributed by atoms with Gasteiger partial charge in [0.15, 0.2) is 0 Å². The molecule has 3 rings (SSSR count). The summed E-state index contributed by atoms with van der Waals surface area (Å²) in [5.74, 6) is 0.487. The van der Waals surface area contributed by atoms with E-state index >= 15 is 0 Å². The zero-order chi connectivity index (χ0) is 19.2. The topological polar surface area (TPSA) is 64.1 Å². The molecule has 0 spiro atoms. The average Bonchev–Trinajstić information content (AvgIpc) is 3.07. The zero-order valence-electron chi connectivity index (χ0n) is 15.1. The minimum atomic E-state index is -0.286. The molecule has 1 N–H and O–H groups in total. The quantitative estimate of drug-likeness (QED) is 0.640. The third kappa shape index (κ3) is 5.59. The van der Waals surface area contributed by atoms with E-state index in [1.165, 1.54) is 23.5 Å². The molecular formula is C20H20FN3O2S. The molecule has 5 nitrogen and oxygen atoms in total. The van der Waals surface area contributed by atoms with Crippen LogP contribution in [-0.4, -0.2) is 16.1 Å². The highest BCUT2D eigenvalue weighted by molar-refractivity contribution is 7.15. The number of ether oxygens (including phenoxy) is 1. The van der Waals surface area contributed by atoms with Crippen LogP contribution >= 0.6 is 11.3 Å². The van der Waals surface area contributed by atoms with Crippen LogP contribution in [-0.2, 0) is 13.0 Å². The van der Waals surface area contributed by atoms with E-state index in [1.54, 1.807) is 36.4 Å². The highest BCUT2D eigenvalue weighted by atomic mass is 32.1. The number of aromatic nitrogens is 2. The van der Waals surface area contributed by atoms with Gasteiger partial charge < -0.3 is 4.74 Å². The second-order valence-corrected chi connectivity index (χ2v) is 7.56. The van der Waals surface area contributed by atoms with E-state index in [-0.39, 0.29) is 11.7 Å². The smallest absolute Gasteiger partial charge is 0.257 e. The van der Waals surface area contributed by atoms with Crippen LogP contribution in [0.15, 0.2) is 48.5 Å². The predicted molar refractivity (Wildman–Crippen MR) is 104 cm³/mol. The van der Waals surface area contributed by atoms with Crippen LogP contribution in [0.3, 0.4) is 0 Å². The molecule has 0 unspecified atom stereocenters. The highest BCUT2D eigenvalue weighted by Crippen LogP contribution is 2.20. The SMILES string of the molecule is CC(C)Cc1nnc(NC(=O)c2cccc(OCc3ccc(F)cc3)c2)s1. The fourth-order valence-electron chi connectivity index (χ4n) is 2.38. The number of carbonyl (C=O) groups excluding carboxylic acids is 1. The summed E-state index contributed by atoms with van der Waals surface area (Å²) in [5.41, 5.74) is 1.31. The third-order valence-corrected chi connectivity index (χ3v) is 4.55. The molecule has 0 atom stereocenters. The highest BCUT2D eigenvalue weighted by Gasteiger charge is 2.12. The molecule has 0 saturated heterocycles. The Morgan fingerprint density at radius 1 is 1.19 bits per heavy atom. The maximum Gasteiger partial charge on any atom is 0.257 e. The Morgan fingerprint density at radius 3 is 2.70 bits per heavy atom. The van der Waals surface area contributed by atoms with Crippen LogP contribution in [0.25, 0.3) is 0 Å². The molecule has 1 amide bonds. The molecule has 3 aromatic rings. The Hall–Kier alpha value is -2.80. The van der Waals surface area contributed by atoms with Crippen molar-refractivity contribution in [3.05, 3.63) is 70.5 Å². The third-order valence-electron chi connectivity index (χ3n) is 3.69. The first-order valence-corrected chi connectivity index (χ1v) is 9.42. The summed E-state index contributed by atoms with van der Waals surface area (Å²) < 4.78 is 18.6. The molecule has 0 aliphatic rings. The molecule has 0 aliphatic carbocycles. The normalized spacial score (nSPS) is 10.8. The van der Waals surface area contributed by atoms with Crippen LogP contribution < -0.4 is 10.1 Å². The van der Waals surface area contributed by atoms with Gasteiger partial charge in [-0.25, -0.2) is 4.39 Å². The van der Waals surface area contributed by atoms with Crippen molar-refractivity contribution in [3.8, 4) is 5.75 Å². The average molecular weight is 385 g/mol. The molecule has 7 heteroatoms. The van der Waals surface area contributed by atoms with Crippen LogP contribution in [0.1, 0.15) is 34.8 Å². The monoisotopic (exact) mass is 385 g/mol. The minimum absolute atomic E-state index is 0.269. The van der Waals surface area contributed by atoms with Crippen LogP contribution in [0.5, 0.6) is 5.75 Å². The molecule has 0 aliphatic heterocycles. The standard InChI is InChI=1S/C20H20FN3O2S/c1-13(2)10-18-23-24-20(27-18)22-19(25)15-4-3-5-17(11-15)26-12-14-6-8-16(21)9-7-14/h3-9,11,13H,10,12H2,1-2H3,(H,22,24,25). The number of benzene rings is 2. The van der Waals surface area contributed by atoms with Crippen molar-refractivity contribution in [1.82, 2.24) is 10.2 Å². The van der Waals surface area contributed by atoms with E-state index < -0.39 is 0 Å². The van der Waals surface area contributed by atoms with Gasteiger partial charge in [0.25, 0.3) is 5.91 Å². The van der Waals surface area contributed by atoms with Gasteiger partial charge >= 0.3 is 0 Å². The Kier molecular flexibility index (Phi) is 6.13. The molecule has 0 radical (unpaired) electrons. The fraction of sp³-hybridized carbons (Fsp3) is 0.250. The van der Waals surface area contributed by atoms with Crippen LogP contribution in [0, 0.1) is 11.7 Å². The zero-order valence-corrected chi connectivity index (χ0v) is 15.9. The number of anilines is 1. The first-order valence-electron chi connectivity index (χ1n) is 8.60. The molecule has 1 heterocycles. The number of carbonyl (C=O) groups is 1. The van der Waals surface area contributed by atoms with E-state index in [2.05, 4.69) is 29.4 Å². The van der Waals surface area contributed by atoms with Crippen molar-refractivity contribution >= 4 is 22.4 Å². The largest absolute Gasteiger partial charge is 0.489 e. The summed E-state index contributed by atoms with van der Waals surface area (Å²) in [6, 6.07) is 13.0. The lowest BCUT2D eigenvalue weighted by Gasteiger charge is -2.08. The van der Waals surface area contributed by atoms with E-state index in [4.69, 9.17) is 4.74 Å². The number of nitrogens with zero attached hydrogens (tertiary/aromatic N) is 2. The molecule has 1 aromatic heterocycles. The van der Waals surface area contributed by atoms with Gasteiger partial charge in [-0.1, -0.05) is 43.4 Å². The van der Waals surface area contributed by atoms with Crippen molar-refractivity contribution in [2.75, 3.05) is 5.32 Å². The van der Waals surface area contributed by atoms with E-state index in [0.29, 0.717) is 29.0 Å². The number of halogens is 1. The van der Waals surface area contributed by atoms with Gasteiger partial charge in [-0.15, -0.1) is 10.2 Å². The second-order valence-electron chi connectivity index (χ2n) is 6.50. The molecule has 0 bridgehead atoms. The van der Waals surface area contributed by atoms with Crippen molar-refractivity contribution in [2.24, 2.45) is 5.92 Å². The van der Waals surface area contributed by atoms with Crippen molar-refractivity contribution in [1.29, 1.82) is 0 Å². The predicted octanol–water partition coefficient (Wildman–Crippen LogP) is 4.71. The number of nitrogens with one attached hydrogen (secondary N) is 1. The summed E-state index contributed by atoms with van der Waals surface area (Å²) in [6.45, 7) is 4.51. The fourth-order valence-corrected chi connectivity index (χ4v) is 3.33. The lowest BCUT2D eigenvalue weighted by molar-refractivity contribution is 0.102. The summed E-state index contributed by atoms with van der Waals surface area (Å²) in [5, 5.41) is 12.3. The number of amides is 1. The Morgan fingerprint density at radius 2 is 1.96 bits per heavy atom. The van der Waals surface area contributed by atoms with Gasteiger partial charge in [0.1, 0.15) is 23.2 Å². The first kappa shape index (κ1) is 19.0. The molecule has 0 fully saturated rings. The van der Waals surface area contributed by atoms with E-state index in [0.717, 1.165) is 17.0 Å². The van der Waals surface area contributed by atoms with E-state index in [1.807, 2.05) is 0 Å². The molecule has 140 valence electrons. The van der Waals surface area contributed by atoms with Gasteiger partial charge in [-0.2, -0.15) is 0 Å². The molecule has 0 saturated carbocycles. The van der Waals surface area contributed by atoms with Crippen molar-refractivity contribution in [3.63, 3.8) is 0 Å². The molecule has 27 heavy (non-hydrogen) atoms. The van der Waals surface area contributed by atoms with E-state index in [9.17, 15) is 9.18 Å². The number of hydrogen-bond acceptors (Lipinski definition) is 5. The van der Waals surface area contributed by atoms with Crippen molar-refractivity contribution < 1.29 is 13.9 Å². The van der Waals surface area contributed by atoms with Gasteiger partial charge in [-0.3, -0.25) is 10.1 Å². The summed E-state index contributed by atoms with van der Waals surface area (Å²) >= 11 is 1.38. The number of rotatable bonds is 7.